The lowest BCUT2D eigenvalue weighted by atomic mass is 10.6. The predicted octanol–water partition coefficient (Wildman–Crippen LogP) is 0.214. The summed E-state index contributed by atoms with van der Waals surface area (Å²) in [7, 11) is 1.28. The van der Waals surface area contributed by atoms with Crippen LogP contribution in [0.15, 0.2) is 6.33 Å². The first-order valence-corrected chi connectivity index (χ1v) is 4.78. The van der Waals surface area contributed by atoms with Crippen LogP contribution < -0.4 is 0 Å². The minimum Gasteiger partial charge on any atom is -0.463 e. The molecule has 0 aliphatic rings. The molecule has 0 fully saturated rings. The number of rotatable bonds is 2. The quantitative estimate of drug-likeness (QED) is 0.679. The Morgan fingerprint density at radius 3 is 3.00 bits per heavy atom. The van der Waals surface area contributed by atoms with Gasteiger partial charge in [0.15, 0.2) is 0 Å². The second-order valence-corrected chi connectivity index (χ2v) is 3.36. The van der Waals surface area contributed by atoms with Crippen molar-refractivity contribution in [3.63, 3.8) is 0 Å². The van der Waals surface area contributed by atoms with E-state index in [1.807, 2.05) is 0 Å². The molecular formula is C7H7N5O2S. The first-order valence-electron chi connectivity index (χ1n) is 4.01. The van der Waals surface area contributed by atoms with Crippen molar-refractivity contribution in [3.8, 4) is 5.13 Å². The van der Waals surface area contributed by atoms with Gasteiger partial charge in [-0.25, -0.2) is 14.8 Å². The third-order valence-electron chi connectivity index (χ3n) is 1.57. The maximum absolute atomic E-state index is 11.1. The monoisotopic (exact) mass is 225 g/mol. The summed E-state index contributed by atoms with van der Waals surface area (Å²) >= 11 is 1.18. The SMILES string of the molecule is COC(=O)c1ncn(-c2nc(C)ns2)n1. The predicted molar refractivity (Wildman–Crippen MR) is 50.9 cm³/mol. The van der Waals surface area contributed by atoms with Gasteiger partial charge in [-0.05, 0) is 6.92 Å². The van der Waals surface area contributed by atoms with Gasteiger partial charge in [0.1, 0.15) is 12.2 Å². The van der Waals surface area contributed by atoms with Crippen LogP contribution in [0.25, 0.3) is 5.13 Å². The maximum atomic E-state index is 11.1. The Kier molecular flexibility index (Phi) is 2.42. The van der Waals surface area contributed by atoms with E-state index >= 15 is 0 Å². The molecule has 2 rings (SSSR count). The van der Waals surface area contributed by atoms with E-state index in [1.165, 1.54) is 29.7 Å². The van der Waals surface area contributed by atoms with Crippen LogP contribution in [0.5, 0.6) is 0 Å². The second-order valence-electron chi connectivity index (χ2n) is 2.63. The minimum atomic E-state index is -0.574. The number of carbonyl (C=O) groups excluding carboxylic acids is 1. The molecule has 0 amide bonds. The van der Waals surface area contributed by atoms with Crippen molar-refractivity contribution >= 4 is 17.5 Å². The van der Waals surface area contributed by atoms with Crippen LogP contribution in [0.4, 0.5) is 0 Å². The van der Waals surface area contributed by atoms with Gasteiger partial charge in [0.05, 0.1) is 7.11 Å². The number of carbonyl (C=O) groups is 1. The molecule has 8 heteroatoms. The van der Waals surface area contributed by atoms with E-state index < -0.39 is 5.97 Å². The highest BCUT2D eigenvalue weighted by atomic mass is 32.1. The number of hydrogen-bond acceptors (Lipinski definition) is 7. The van der Waals surface area contributed by atoms with Crippen LogP contribution >= 0.6 is 11.5 Å². The number of aryl methyl sites for hydroxylation is 1. The summed E-state index contributed by atoms with van der Waals surface area (Å²) in [5.74, 6) is 0.0884. The van der Waals surface area contributed by atoms with Crippen molar-refractivity contribution in [2.45, 2.75) is 6.92 Å². The van der Waals surface area contributed by atoms with Crippen molar-refractivity contribution in [1.29, 1.82) is 0 Å². The maximum Gasteiger partial charge on any atom is 0.377 e. The highest BCUT2D eigenvalue weighted by molar-refractivity contribution is 7.08. The lowest BCUT2D eigenvalue weighted by Crippen LogP contribution is -2.05. The van der Waals surface area contributed by atoms with Crippen molar-refractivity contribution in [2.24, 2.45) is 0 Å². The smallest absolute Gasteiger partial charge is 0.377 e. The molecule has 0 aliphatic heterocycles. The van der Waals surface area contributed by atoms with Gasteiger partial charge in [-0.1, -0.05) is 0 Å². The van der Waals surface area contributed by atoms with Crippen molar-refractivity contribution in [2.75, 3.05) is 7.11 Å². The van der Waals surface area contributed by atoms with E-state index in [2.05, 4.69) is 24.2 Å². The van der Waals surface area contributed by atoms with Crippen LogP contribution in [0, 0.1) is 6.92 Å². The summed E-state index contributed by atoms with van der Waals surface area (Å²) in [5, 5.41) is 4.47. The van der Waals surface area contributed by atoms with E-state index in [-0.39, 0.29) is 5.82 Å². The van der Waals surface area contributed by atoms with Crippen LogP contribution in [-0.2, 0) is 4.74 Å². The van der Waals surface area contributed by atoms with Gasteiger partial charge in [0.2, 0.25) is 5.13 Å². The lowest BCUT2D eigenvalue weighted by Gasteiger charge is -1.91. The Balaban J connectivity index is 2.31. The van der Waals surface area contributed by atoms with Crippen molar-refractivity contribution < 1.29 is 9.53 Å². The molecule has 2 heterocycles. The third kappa shape index (κ3) is 1.84. The van der Waals surface area contributed by atoms with E-state index in [9.17, 15) is 4.79 Å². The Morgan fingerprint density at radius 1 is 1.60 bits per heavy atom. The van der Waals surface area contributed by atoms with Gasteiger partial charge in [-0.15, -0.1) is 5.10 Å². The summed E-state index contributed by atoms with van der Waals surface area (Å²) in [6.07, 6.45) is 1.40. The molecule has 0 unspecified atom stereocenters. The summed E-state index contributed by atoms with van der Waals surface area (Å²) in [6.45, 7) is 1.78. The third-order valence-corrected chi connectivity index (χ3v) is 2.37. The zero-order valence-electron chi connectivity index (χ0n) is 8.04. The summed E-state index contributed by atoms with van der Waals surface area (Å²) in [5.41, 5.74) is 0. The number of methoxy groups -OCH3 is 1. The molecule has 7 nitrogen and oxygen atoms in total. The molecular weight excluding hydrogens is 218 g/mol. The zero-order chi connectivity index (χ0) is 10.8. The Bertz CT molecular complexity index is 491. The van der Waals surface area contributed by atoms with Crippen LogP contribution in [0.1, 0.15) is 16.4 Å². The molecule has 0 radical (unpaired) electrons. The van der Waals surface area contributed by atoms with E-state index in [1.54, 1.807) is 6.92 Å². The topological polar surface area (TPSA) is 82.8 Å². The summed E-state index contributed by atoms with van der Waals surface area (Å²) < 4.78 is 9.86. The molecule has 0 saturated carbocycles. The fourth-order valence-corrected chi connectivity index (χ4v) is 1.52. The zero-order valence-corrected chi connectivity index (χ0v) is 8.85. The van der Waals surface area contributed by atoms with Crippen molar-refractivity contribution in [3.05, 3.63) is 18.0 Å². The average Bonchev–Trinajstić information content (AvgIpc) is 2.84. The van der Waals surface area contributed by atoms with Gasteiger partial charge >= 0.3 is 5.97 Å². The minimum absolute atomic E-state index is 0.00496. The molecule has 0 spiro atoms. The fourth-order valence-electron chi connectivity index (χ4n) is 0.919. The number of aromatic nitrogens is 5. The van der Waals surface area contributed by atoms with Gasteiger partial charge in [-0.2, -0.15) is 9.06 Å². The number of esters is 1. The van der Waals surface area contributed by atoms with E-state index in [0.29, 0.717) is 11.0 Å². The molecule has 78 valence electrons. The van der Waals surface area contributed by atoms with Crippen molar-refractivity contribution in [1.82, 2.24) is 24.1 Å². The summed E-state index contributed by atoms with van der Waals surface area (Å²) in [6, 6.07) is 0. The second kappa shape index (κ2) is 3.73. The van der Waals surface area contributed by atoms with Crippen LogP contribution in [0.2, 0.25) is 0 Å². The fraction of sp³-hybridized carbons (Fsp3) is 0.286. The molecule has 15 heavy (non-hydrogen) atoms. The highest BCUT2D eigenvalue weighted by Crippen LogP contribution is 2.08. The number of hydrogen-bond donors (Lipinski definition) is 0. The highest BCUT2D eigenvalue weighted by Gasteiger charge is 2.13. The standard InChI is InChI=1S/C7H7N5O2S/c1-4-9-7(15-11-4)12-3-8-5(10-12)6(13)14-2/h3H,1-2H3. The van der Waals surface area contributed by atoms with Gasteiger partial charge in [0, 0.05) is 11.5 Å². The Morgan fingerprint density at radius 2 is 2.40 bits per heavy atom. The van der Waals surface area contributed by atoms with Gasteiger partial charge in [-0.3, -0.25) is 0 Å². The number of ether oxygens (including phenoxy) is 1. The number of nitrogens with zero attached hydrogens (tertiary/aromatic N) is 5. The van der Waals surface area contributed by atoms with Gasteiger partial charge < -0.3 is 4.74 Å². The molecule has 2 aromatic rings. The van der Waals surface area contributed by atoms with E-state index in [4.69, 9.17) is 0 Å². The molecule has 0 bridgehead atoms. The lowest BCUT2D eigenvalue weighted by molar-refractivity contribution is 0.0587. The van der Waals surface area contributed by atoms with Crippen LogP contribution in [-0.4, -0.2) is 37.2 Å². The summed E-state index contributed by atoms with van der Waals surface area (Å²) in [4.78, 5) is 19.0. The molecule has 0 aliphatic carbocycles. The first kappa shape index (κ1) is 9.71. The van der Waals surface area contributed by atoms with Crippen LogP contribution in [0.3, 0.4) is 0 Å². The van der Waals surface area contributed by atoms with Gasteiger partial charge in [0.25, 0.3) is 5.82 Å². The first-order chi connectivity index (χ1) is 7.20. The molecule has 0 atom stereocenters. The Labute approximate surface area is 88.9 Å². The molecule has 0 saturated heterocycles. The van der Waals surface area contributed by atoms with E-state index in [0.717, 1.165) is 0 Å². The molecule has 2 aromatic heterocycles. The average molecular weight is 225 g/mol. The normalized spacial score (nSPS) is 10.3. The molecule has 0 N–H and O–H groups in total. The largest absolute Gasteiger partial charge is 0.463 e. The molecule has 0 aromatic carbocycles. The Hall–Kier alpha value is -1.83.